The van der Waals surface area contributed by atoms with Gasteiger partial charge >= 0.3 is 6.18 Å². The summed E-state index contributed by atoms with van der Waals surface area (Å²) in [6.45, 7) is 4.83. The molecule has 4 aromatic rings. The molecule has 0 saturated carbocycles. The van der Waals surface area contributed by atoms with E-state index in [4.69, 9.17) is 0 Å². The Morgan fingerprint density at radius 1 is 1.06 bits per heavy atom. The van der Waals surface area contributed by atoms with E-state index < -0.39 is 11.7 Å². The average Bonchev–Trinajstić information content (AvgIpc) is 3.10. The second-order valence-corrected chi connectivity index (χ2v) is 7.59. The fraction of sp³-hybridized carbons (Fsp3) is 0.120. The SMILES string of the molecule is C=C(O)c1ccc(Nc2nc3cc(C(C)=O)ccc3n2Cc2ccccc2C(F)(F)F)cc1. The van der Waals surface area contributed by atoms with Gasteiger partial charge in [-0.05, 0) is 61.0 Å². The van der Waals surface area contributed by atoms with Gasteiger partial charge in [0.15, 0.2) is 5.78 Å². The number of imidazole rings is 1. The summed E-state index contributed by atoms with van der Waals surface area (Å²) in [5.41, 5.74) is 2.06. The Hall–Kier alpha value is -4.07. The number of carbonyl (C=O) groups is 1. The number of carbonyl (C=O) groups excluding carboxylic acids is 1. The number of ketones is 1. The van der Waals surface area contributed by atoms with Crippen molar-refractivity contribution >= 4 is 34.2 Å². The predicted octanol–water partition coefficient (Wildman–Crippen LogP) is 6.58. The van der Waals surface area contributed by atoms with E-state index in [1.54, 1.807) is 53.1 Å². The third-order valence-electron chi connectivity index (χ3n) is 5.28. The molecule has 1 heterocycles. The van der Waals surface area contributed by atoms with Crippen LogP contribution in [0.1, 0.15) is 34.0 Å². The molecule has 0 aliphatic carbocycles. The van der Waals surface area contributed by atoms with Gasteiger partial charge in [-0.15, -0.1) is 0 Å². The lowest BCUT2D eigenvalue weighted by atomic mass is 10.1. The Labute approximate surface area is 187 Å². The second-order valence-electron chi connectivity index (χ2n) is 7.59. The van der Waals surface area contributed by atoms with Crippen molar-refractivity contribution < 1.29 is 23.1 Å². The minimum absolute atomic E-state index is 0.0747. The summed E-state index contributed by atoms with van der Waals surface area (Å²) in [6, 6.07) is 17.0. The van der Waals surface area contributed by atoms with Crippen LogP contribution in [-0.2, 0) is 12.7 Å². The van der Waals surface area contributed by atoms with Crippen molar-refractivity contribution in [1.82, 2.24) is 9.55 Å². The first-order valence-electron chi connectivity index (χ1n) is 10.0. The number of hydrogen-bond acceptors (Lipinski definition) is 4. The molecule has 33 heavy (non-hydrogen) atoms. The number of aliphatic hydroxyl groups excluding tert-OH is 1. The van der Waals surface area contributed by atoms with Gasteiger partial charge in [-0.25, -0.2) is 4.98 Å². The van der Waals surface area contributed by atoms with Crippen molar-refractivity contribution in [2.24, 2.45) is 0 Å². The van der Waals surface area contributed by atoms with Crippen LogP contribution in [-0.4, -0.2) is 20.4 Å². The number of rotatable bonds is 6. The molecule has 1 aromatic heterocycles. The van der Waals surface area contributed by atoms with Gasteiger partial charge < -0.3 is 15.0 Å². The molecule has 0 saturated heterocycles. The van der Waals surface area contributed by atoms with Crippen LogP contribution >= 0.6 is 0 Å². The highest BCUT2D eigenvalue weighted by Gasteiger charge is 2.33. The summed E-state index contributed by atoms with van der Waals surface area (Å²) in [5.74, 6) is 0.107. The number of fused-ring (bicyclic) bond motifs is 1. The maximum Gasteiger partial charge on any atom is 0.416 e. The zero-order chi connectivity index (χ0) is 23.8. The first kappa shape index (κ1) is 22.1. The van der Waals surface area contributed by atoms with Crippen molar-refractivity contribution in [3.63, 3.8) is 0 Å². The average molecular weight is 451 g/mol. The quantitative estimate of drug-likeness (QED) is 0.257. The molecule has 0 aliphatic heterocycles. The van der Waals surface area contributed by atoms with Gasteiger partial charge in [0, 0.05) is 16.8 Å². The molecule has 0 atom stereocenters. The predicted molar refractivity (Wildman–Crippen MR) is 122 cm³/mol. The molecule has 168 valence electrons. The molecule has 0 radical (unpaired) electrons. The topological polar surface area (TPSA) is 67.2 Å². The van der Waals surface area contributed by atoms with Crippen LogP contribution in [0.3, 0.4) is 0 Å². The maximum atomic E-state index is 13.6. The number of halogens is 3. The zero-order valence-corrected chi connectivity index (χ0v) is 17.6. The highest BCUT2D eigenvalue weighted by Crippen LogP contribution is 2.34. The molecule has 5 nitrogen and oxygen atoms in total. The largest absolute Gasteiger partial charge is 0.508 e. The highest BCUT2D eigenvalue weighted by atomic mass is 19.4. The molecule has 0 aliphatic rings. The molecule has 0 fully saturated rings. The minimum Gasteiger partial charge on any atom is -0.508 e. The molecule has 0 unspecified atom stereocenters. The van der Waals surface area contributed by atoms with Gasteiger partial charge in [0.2, 0.25) is 5.95 Å². The summed E-state index contributed by atoms with van der Waals surface area (Å²) in [6.07, 6.45) is -4.50. The number of nitrogens with one attached hydrogen (secondary N) is 1. The van der Waals surface area contributed by atoms with Gasteiger partial charge in [-0.1, -0.05) is 24.8 Å². The molecule has 8 heteroatoms. The normalized spacial score (nSPS) is 11.5. The van der Waals surface area contributed by atoms with Crippen LogP contribution < -0.4 is 5.32 Å². The molecular weight excluding hydrogens is 431 g/mol. The Morgan fingerprint density at radius 3 is 2.36 bits per heavy atom. The van der Waals surface area contributed by atoms with Crippen LogP contribution in [0.25, 0.3) is 16.8 Å². The maximum absolute atomic E-state index is 13.6. The van der Waals surface area contributed by atoms with Crippen LogP contribution in [0.15, 0.2) is 73.3 Å². The molecular formula is C25H20F3N3O2. The lowest BCUT2D eigenvalue weighted by Crippen LogP contribution is -2.12. The van der Waals surface area contributed by atoms with Crippen molar-refractivity contribution in [2.45, 2.75) is 19.6 Å². The first-order valence-corrected chi connectivity index (χ1v) is 10.0. The van der Waals surface area contributed by atoms with Gasteiger partial charge in [-0.2, -0.15) is 13.2 Å². The van der Waals surface area contributed by atoms with E-state index >= 15 is 0 Å². The minimum atomic E-state index is -4.50. The summed E-state index contributed by atoms with van der Waals surface area (Å²) >= 11 is 0. The number of Topliss-reactive ketones (excluding diaryl/α,β-unsaturated/α-hetero) is 1. The Bertz CT molecular complexity index is 1360. The lowest BCUT2D eigenvalue weighted by molar-refractivity contribution is -0.138. The van der Waals surface area contributed by atoms with E-state index in [0.717, 1.165) is 6.07 Å². The number of benzene rings is 3. The van der Waals surface area contributed by atoms with Crippen molar-refractivity contribution in [3.05, 3.63) is 95.6 Å². The van der Waals surface area contributed by atoms with Crippen molar-refractivity contribution in [2.75, 3.05) is 5.32 Å². The van der Waals surface area contributed by atoms with Crippen molar-refractivity contribution in [1.29, 1.82) is 0 Å². The van der Waals surface area contributed by atoms with Crippen LogP contribution in [0.2, 0.25) is 0 Å². The molecule has 3 aromatic carbocycles. The van der Waals surface area contributed by atoms with Gasteiger partial charge in [0.1, 0.15) is 5.76 Å². The van der Waals surface area contributed by atoms with E-state index in [1.807, 2.05) is 0 Å². The molecule has 0 bridgehead atoms. The third-order valence-corrected chi connectivity index (χ3v) is 5.28. The summed E-state index contributed by atoms with van der Waals surface area (Å²) in [5, 5.41) is 12.6. The third kappa shape index (κ3) is 4.59. The Kier molecular flexibility index (Phi) is 5.68. The molecule has 4 rings (SSSR count). The van der Waals surface area contributed by atoms with E-state index in [-0.39, 0.29) is 23.7 Å². The van der Waals surface area contributed by atoms with E-state index in [0.29, 0.717) is 33.8 Å². The van der Waals surface area contributed by atoms with E-state index in [9.17, 15) is 23.1 Å². The van der Waals surface area contributed by atoms with Gasteiger partial charge in [-0.3, -0.25) is 4.79 Å². The first-order chi connectivity index (χ1) is 15.6. The van der Waals surface area contributed by atoms with Crippen LogP contribution in [0.4, 0.5) is 24.8 Å². The number of aliphatic hydroxyl groups is 1. The molecule has 0 amide bonds. The van der Waals surface area contributed by atoms with Crippen molar-refractivity contribution in [3.8, 4) is 0 Å². The number of alkyl halides is 3. The number of aromatic nitrogens is 2. The Morgan fingerprint density at radius 2 is 1.73 bits per heavy atom. The van der Waals surface area contributed by atoms with Gasteiger partial charge in [0.05, 0.1) is 23.1 Å². The summed E-state index contributed by atoms with van der Waals surface area (Å²) < 4.78 is 42.4. The second kappa shape index (κ2) is 8.46. The van der Waals surface area contributed by atoms with Crippen LogP contribution in [0.5, 0.6) is 0 Å². The van der Waals surface area contributed by atoms with E-state index in [1.165, 1.54) is 19.1 Å². The summed E-state index contributed by atoms with van der Waals surface area (Å²) in [7, 11) is 0. The monoisotopic (exact) mass is 451 g/mol. The number of hydrogen-bond donors (Lipinski definition) is 2. The van der Waals surface area contributed by atoms with E-state index in [2.05, 4.69) is 16.9 Å². The highest BCUT2D eigenvalue weighted by molar-refractivity contribution is 5.97. The smallest absolute Gasteiger partial charge is 0.416 e. The summed E-state index contributed by atoms with van der Waals surface area (Å²) in [4.78, 5) is 16.4. The number of anilines is 2. The number of nitrogens with zero attached hydrogens (tertiary/aromatic N) is 2. The lowest BCUT2D eigenvalue weighted by Gasteiger charge is -2.16. The fourth-order valence-corrected chi connectivity index (χ4v) is 3.58. The Balaban J connectivity index is 1.81. The standard InChI is InChI=1S/C25H20F3N3O2/c1-15(32)17-7-10-20(11-8-17)29-24-30-22-13-18(16(2)33)9-12-23(22)31(24)14-19-5-3-4-6-21(19)25(26,27)28/h3-13,32H,1,14H2,2H3,(H,29,30). The fourth-order valence-electron chi connectivity index (χ4n) is 3.58. The van der Waals surface area contributed by atoms with Crippen LogP contribution in [0, 0.1) is 0 Å². The zero-order valence-electron chi connectivity index (χ0n) is 17.6. The molecule has 2 N–H and O–H groups in total. The molecule has 0 spiro atoms. The van der Waals surface area contributed by atoms with Gasteiger partial charge in [0.25, 0.3) is 0 Å².